The third-order valence-corrected chi connectivity index (χ3v) is 3.66. The zero-order valence-corrected chi connectivity index (χ0v) is 17.6. The number of rotatable bonds is 3. The van der Waals surface area contributed by atoms with Crippen molar-refractivity contribution in [3.8, 4) is 0 Å². The third-order valence-electron chi connectivity index (χ3n) is 2.82. The van der Waals surface area contributed by atoms with E-state index in [1.165, 1.54) is 11.7 Å². The highest BCUT2D eigenvalue weighted by Gasteiger charge is 2.33. The van der Waals surface area contributed by atoms with Gasteiger partial charge in [0.05, 0.1) is 16.7 Å². The van der Waals surface area contributed by atoms with E-state index in [4.69, 9.17) is 15.2 Å². The molecule has 0 saturated heterocycles. The molecular weight excluding hydrogens is 408 g/mol. The number of amides is 3. The van der Waals surface area contributed by atoms with Gasteiger partial charge in [-0.1, -0.05) is 0 Å². The van der Waals surface area contributed by atoms with Gasteiger partial charge in [-0.05, 0) is 57.5 Å². The van der Waals surface area contributed by atoms with Gasteiger partial charge < -0.3 is 15.2 Å². The highest BCUT2D eigenvalue weighted by atomic mass is 79.9. The molecule has 1 aromatic rings. The van der Waals surface area contributed by atoms with E-state index in [1.54, 1.807) is 41.5 Å². The first-order valence-corrected chi connectivity index (χ1v) is 8.66. The number of nitrogens with zero attached hydrogens (tertiary/aromatic N) is 3. The molecule has 9 nitrogen and oxygen atoms in total. The summed E-state index contributed by atoms with van der Waals surface area (Å²) in [5.41, 5.74) is 4.08. The Hall–Kier alpha value is -2.10. The predicted molar refractivity (Wildman–Crippen MR) is 97.4 cm³/mol. The lowest BCUT2D eigenvalue weighted by Gasteiger charge is -2.28. The number of nitrogens with two attached hydrogens (primary N) is 1. The Morgan fingerprint density at radius 2 is 1.50 bits per heavy atom. The lowest BCUT2D eigenvalue weighted by molar-refractivity contribution is -0.000552. The quantitative estimate of drug-likeness (QED) is 0.784. The number of aryl methyl sites for hydroxylation is 1. The van der Waals surface area contributed by atoms with Crippen molar-refractivity contribution in [2.75, 3.05) is 0 Å². The fourth-order valence-corrected chi connectivity index (χ4v) is 2.57. The molecule has 26 heavy (non-hydrogen) atoms. The predicted octanol–water partition coefficient (Wildman–Crippen LogP) is 2.95. The maximum atomic E-state index is 12.5. The molecule has 3 amide bonds. The molecule has 1 heterocycles. The zero-order chi connectivity index (χ0) is 20.4. The summed E-state index contributed by atoms with van der Waals surface area (Å²) in [6, 6.07) is 0. The molecule has 2 N–H and O–H groups in total. The topological polar surface area (TPSA) is 117 Å². The van der Waals surface area contributed by atoms with Gasteiger partial charge in [0.25, 0.3) is 5.91 Å². The molecule has 1 aromatic heterocycles. The minimum atomic E-state index is -0.884. The fraction of sp³-hybridized carbons (Fsp3) is 0.625. The molecule has 0 radical (unpaired) electrons. The Bertz CT molecular complexity index is 687. The summed E-state index contributed by atoms with van der Waals surface area (Å²) in [5, 5.41) is 4.14. The first kappa shape index (κ1) is 21.9. The summed E-state index contributed by atoms with van der Waals surface area (Å²) >= 11 is 3.24. The number of halogens is 1. The number of carbonyl (C=O) groups is 3. The van der Waals surface area contributed by atoms with Crippen molar-refractivity contribution in [3.05, 3.63) is 15.9 Å². The van der Waals surface area contributed by atoms with Crippen molar-refractivity contribution in [1.29, 1.82) is 0 Å². The lowest BCUT2D eigenvalue weighted by atomic mass is 10.2. The Morgan fingerprint density at radius 3 is 1.81 bits per heavy atom. The Labute approximate surface area is 160 Å². The van der Waals surface area contributed by atoms with Crippen LogP contribution in [0.1, 0.15) is 57.7 Å². The number of ether oxygens (including phenoxy) is 2. The average Bonchev–Trinajstić information content (AvgIpc) is 2.66. The van der Waals surface area contributed by atoms with Gasteiger partial charge in [-0.2, -0.15) is 5.10 Å². The smallest absolute Gasteiger partial charge is 0.420 e. The van der Waals surface area contributed by atoms with Crippen LogP contribution in [0.4, 0.5) is 9.59 Å². The maximum absolute atomic E-state index is 12.5. The van der Waals surface area contributed by atoms with Gasteiger partial charge in [-0.25, -0.2) is 14.5 Å². The molecule has 0 spiro atoms. The van der Waals surface area contributed by atoms with Crippen molar-refractivity contribution in [1.82, 2.24) is 14.7 Å². The molecule has 1 rings (SSSR count). The molecule has 10 heteroatoms. The Kier molecular flexibility index (Phi) is 6.45. The van der Waals surface area contributed by atoms with Crippen LogP contribution in [0.15, 0.2) is 4.47 Å². The van der Waals surface area contributed by atoms with E-state index in [9.17, 15) is 14.4 Å². The summed E-state index contributed by atoms with van der Waals surface area (Å²) in [6.45, 7) is 9.83. The maximum Gasteiger partial charge on any atom is 0.420 e. The summed E-state index contributed by atoms with van der Waals surface area (Å²) in [4.78, 5) is 37.3. The first-order valence-electron chi connectivity index (χ1n) is 7.87. The van der Waals surface area contributed by atoms with E-state index >= 15 is 0 Å². The van der Waals surface area contributed by atoms with Crippen molar-refractivity contribution in [2.45, 2.75) is 59.3 Å². The molecule has 0 unspecified atom stereocenters. The molecule has 0 aromatic carbocycles. The fourth-order valence-electron chi connectivity index (χ4n) is 1.91. The number of hydrogen-bond acceptors (Lipinski definition) is 6. The summed E-state index contributed by atoms with van der Waals surface area (Å²) in [6.07, 6.45) is -1.77. The minimum absolute atomic E-state index is 0.119. The molecular formula is C16H25BrN4O5. The summed E-state index contributed by atoms with van der Waals surface area (Å²) in [7, 11) is 1.53. The van der Waals surface area contributed by atoms with Crippen molar-refractivity contribution in [3.63, 3.8) is 0 Å². The van der Waals surface area contributed by atoms with Crippen LogP contribution in [-0.2, 0) is 23.1 Å². The van der Waals surface area contributed by atoms with Crippen molar-refractivity contribution in [2.24, 2.45) is 12.8 Å². The van der Waals surface area contributed by atoms with Crippen molar-refractivity contribution >= 4 is 34.0 Å². The second-order valence-corrected chi connectivity index (χ2v) is 8.44. The molecule has 0 aliphatic rings. The van der Waals surface area contributed by atoms with E-state index in [-0.39, 0.29) is 17.9 Å². The van der Waals surface area contributed by atoms with Crippen LogP contribution in [0.5, 0.6) is 0 Å². The normalized spacial score (nSPS) is 11.8. The number of aromatic nitrogens is 2. The van der Waals surface area contributed by atoms with Gasteiger partial charge in [-0.3, -0.25) is 9.48 Å². The molecule has 0 aliphatic carbocycles. The van der Waals surface area contributed by atoms with Gasteiger partial charge >= 0.3 is 12.2 Å². The highest BCUT2D eigenvalue weighted by molar-refractivity contribution is 9.10. The molecule has 0 bridgehead atoms. The van der Waals surface area contributed by atoms with Crippen LogP contribution >= 0.6 is 15.9 Å². The number of imide groups is 1. The van der Waals surface area contributed by atoms with Crippen LogP contribution in [-0.4, -0.2) is 44.0 Å². The Balaban J connectivity index is 3.21. The molecule has 146 valence electrons. The standard InChI is InChI=1S/C16H25BrN4O5/c1-15(2,3)25-13(23)21(14(24)26-16(4,5)6)8-9-10(17)11(12(18)22)20(7)19-9/h8H2,1-7H3,(H2,18,22). The number of primary amides is 1. The van der Waals surface area contributed by atoms with E-state index in [0.717, 1.165) is 4.90 Å². The average molecular weight is 433 g/mol. The minimum Gasteiger partial charge on any atom is -0.443 e. The van der Waals surface area contributed by atoms with Crippen LogP contribution < -0.4 is 5.73 Å². The third kappa shape index (κ3) is 6.01. The first-order chi connectivity index (χ1) is 11.6. The van der Waals surface area contributed by atoms with Gasteiger partial charge in [0, 0.05) is 7.05 Å². The van der Waals surface area contributed by atoms with E-state index < -0.39 is 29.3 Å². The number of hydrogen-bond donors (Lipinski definition) is 1. The van der Waals surface area contributed by atoms with Gasteiger partial charge in [0.1, 0.15) is 16.9 Å². The van der Waals surface area contributed by atoms with Crippen LogP contribution in [0.2, 0.25) is 0 Å². The van der Waals surface area contributed by atoms with Crippen LogP contribution in [0.3, 0.4) is 0 Å². The lowest BCUT2D eigenvalue weighted by Crippen LogP contribution is -2.43. The summed E-state index contributed by atoms with van der Waals surface area (Å²) < 4.78 is 12.1. The molecule has 0 aliphatic heterocycles. The highest BCUT2D eigenvalue weighted by Crippen LogP contribution is 2.24. The van der Waals surface area contributed by atoms with E-state index in [2.05, 4.69) is 21.0 Å². The second-order valence-electron chi connectivity index (χ2n) is 7.64. The zero-order valence-electron chi connectivity index (χ0n) is 16.0. The second kappa shape index (κ2) is 7.65. The van der Waals surface area contributed by atoms with E-state index in [0.29, 0.717) is 4.47 Å². The SMILES string of the molecule is Cn1nc(CN(C(=O)OC(C)(C)C)C(=O)OC(C)(C)C)c(Br)c1C(N)=O. The number of carbonyl (C=O) groups excluding carboxylic acids is 3. The molecule has 0 saturated carbocycles. The summed E-state index contributed by atoms with van der Waals surface area (Å²) in [5.74, 6) is -0.695. The van der Waals surface area contributed by atoms with Crippen molar-refractivity contribution < 1.29 is 23.9 Å². The van der Waals surface area contributed by atoms with Gasteiger partial charge in [-0.15, -0.1) is 0 Å². The monoisotopic (exact) mass is 432 g/mol. The van der Waals surface area contributed by atoms with Gasteiger partial charge in [0.2, 0.25) is 0 Å². The van der Waals surface area contributed by atoms with E-state index in [1.807, 2.05) is 0 Å². The largest absolute Gasteiger partial charge is 0.443 e. The molecule has 0 atom stereocenters. The van der Waals surface area contributed by atoms with Crippen LogP contribution in [0, 0.1) is 0 Å². The Morgan fingerprint density at radius 1 is 1.08 bits per heavy atom. The molecule has 0 fully saturated rings. The van der Waals surface area contributed by atoms with Gasteiger partial charge in [0.15, 0.2) is 0 Å². The van der Waals surface area contributed by atoms with Crippen LogP contribution in [0.25, 0.3) is 0 Å².